The Bertz CT molecular complexity index is 1060. The van der Waals surface area contributed by atoms with Crippen LogP contribution in [0.3, 0.4) is 0 Å². The van der Waals surface area contributed by atoms with E-state index >= 15 is 0 Å². The lowest BCUT2D eigenvalue weighted by molar-refractivity contribution is -0.118. The number of anilines is 1. The Morgan fingerprint density at radius 3 is 2.46 bits per heavy atom. The van der Waals surface area contributed by atoms with E-state index in [0.717, 1.165) is 11.3 Å². The summed E-state index contributed by atoms with van der Waals surface area (Å²) in [5, 5.41) is 3.24. The number of Topliss-reactive ketones (excluding diaryl/α,β-unsaturated/α-hetero) is 1. The molecule has 1 aromatic carbocycles. The van der Waals surface area contributed by atoms with Crippen molar-refractivity contribution in [3.05, 3.63) is 73.6 Å². The molecule has 2 aromatic rings. The summed E-state index contributed by atoms with van der Waals surface area (Å²) in [5.74, 6) is 0.0509. The van der Waals surface area contributed by atoms with Gasteiger partial charge in [0.05, 0.1) is 5.56 Å². The van der Waals surface area contributed by atoms with Gasteiger partial charge in [-0.2, -0.15) is 0 Å². The second kappa shape index (κ2) is 5.56. The van der Waals surface area contributed by atoms with Gasteiger partial charge in [-0.3, -0.25) is 19.1 Å². The van der Waals surface area contributed by atoms with Crippen LogP contribution in [0.25, 0.3) is 0 Å². The van der Waals surface area contributed by atoms with Crippen LogP contribution >= 0.6 is 0 Å². The van der Waals surface area contributed by atoms with Crippen molar-refractivity contribution in [3.8, 4) is 0 Å². The minimum Gasteiger partial charge on any atom is -0.344 e. The Balaban J connectivity index is 2.05. The summed E-state index contributed by atoms with van der Waals surface area (Å²) in [5.41, 5.74) is 1.67. The average Bonchev–Trinajstić information content (AvgIpc) is 2.57. The summed E-state index contributed by atoms with van der Waals surface area (Å²) in [6.45, 7) is 4.11. The lowest BCUT2D eigenvalue weighted by atomic mass is 9.69. The molecule has 1 aromatic heterocycles. The Kier molecular flexibility index (Phi) is 3.54. The fourth-order valence-corrected chi connectivity index (χ4v) is 4.10. The number of allylic oxidation sites excluding steroid dienone is 2. The number of carbonyl (C=O) groups is 1. The molecule has 0 bridgehead atoms. The van der Waals surface area contributed by atoms with Crippen molar-refractivity contribution in [3.63, 3.8) is 0 Å². The second-order valence-corrected chi connectivity index (χ2v) is 7.88. The van der Waals surface area contributed by atoms with E-state index in [1.165, 1.54) is 4.57 Å². The van der Waals surface area contributed by atoms with E-state index in [0.29, 0.717) is 29.8 Å². The van der Waals surface area contributed by atoms with Crippen LogP contribution in [-0.4, -0.2) is 15.3 Å². The fraction of sp³-hybridized carbons (Fsp3) is 0.350. The first-order valence-corrected chi connectivity index (χ1v) is 8.70. The van der Waals surface area contributed by atoms with Crippen molar-refractivity contribution in [1.29, 1.82) is 0 Å². The zero-order valence-electron chi connectivity index (χ0n) is 15.1. The number of rotatable bonds is 1. The first-order valence-electron chi connectivity index (χ1n) is 8.70. The summed E-state index contributed by atoms with van der Waals surface area (Å²) in [6, 6.07) is 9.52. The molecular weight excluding hydrogens is 330 g/mol. The van der Waals surface area contributed by atoms with Gasteiger partial charge in [0.2, 0.25) is 0 Å². The van der Waals surface area contributed by atoms with Crippen LogP contribution in [0.15, 0.2) is 51.2 Å². The summed E-state index contributed by atoms with van der Waals surface area (Å²) in [4.78, 5) is 40.2. The maximum absolute atomic E-state index is 13.0. The van der Waals surface area contributed by atoms with Crippen LogP contribution in [0.5, 0.6) is 0 Å². The number of H-pyrrole nitrogens is 1. The molecule has 0 spiro atoms. The summed E-state index contributed by atoms with van der Waals surface area (Å²) in [6.07, 6.45) is 1.13. The van der Waals surface area contributed by atoms with E-state index < -0.39 is 17.2 Å². The number of fused-ring (bicyclic) bond motifs is 1. The Morgan fingerprint density at radius 2 is 1.77 bits per heavy atom. The zero-order valence-corrected chi connectivity index (χ0v) is 15.1. The largest absolute Gasteiger partial charge is 0.344 e. The molecule has 0 saturated carbocycles. The molecule has 0 radical (unpaired) electrons. The van der Waals surface area contributed by atoms with Crippen molar-refractivity contribution in [2.45, 2.75) is 32.6 Å². The predicted molar refractivity (Wildman–Crippen MR) is 99.3 cm³/mol. The highest BCUT2D eigenvalue weighted by atomic mass is 16.2. The number of aromatic nitrogens is 2. The molecule has 2 aliphatic rings. The van der Waals surface area contributed by atoms with Crippen molar-refractivity contribution >= 4 is 11.6 Å². The van der Waals surface area contributed by atoms with Crippen molar-refractivity contribution in [2.24, 2.45) is 12.5 Å². The summed E-state index contributed by atoms with van der Waals surface area (Å²) >= 11 is 0. The van der Waals surface area contributed by atoms with Crippen LogP contribution in [0, 0.1) is 5.41 Å². The van der Waals surface area contributed by atoms with Crippen LogP contribution in [0.2, 0.25) is 0 Å². The van der Waals surface area contributed by atoms with Gasteiger partial charge in [-0.25, -0.2) is 4.79 Å². The Labute approximate surface area is 150 Å². The molecule has 134 valence electrons. The molecule has 0 fully saturated rings. The van der Waals surface area contributed by atoms with Crippen molar-refractivity contribution in [1.82, 2.24) is 9.55 Å². The molecule has 1 atom stereocenters. The minimum absolute atomic E-state index is 0.0523. The third-order valence-electron chi connectivity index (χ3n) is 5.26. The highest BCUT2D eigenvalue weighted by molar-refractivity contribution is 6.01. The van der Waals surface area contributed by atoms with Gasteiger partial charge in [-0.1, -0.05) is 44.2 Å². The van der Waals surface area contributed by atoms with Crippen molar-refractivity contribution in [2.75, 3.05) is 5.32 Å². The Morgan fingerprint density at radius 1 is 1.08 bits per heavy atom. The van der Waals surface area contributed by atoms with Gasteiger partial charge in [0.25, 0.3) is 5.56 Å². The number of hydrogen-bond donors (Lipinski definition) is 2. The van der Waals surface area contributed by atoms with E-state index in [9.17, 15) is 14.4 Å². The molecule has 0 saturated heterocycles. The lowest BCUT2D eigenvalue weighted by Gasteiger charge is -2.39. The van der Waals surface area contributed by atoms with Crippen LogP contribution in [0.1, 0.15) is 43.7 Å². The molecule has 4 rings (SSSR count). The normalized spacial score (nSPS) is 21.0. The van der Waals surface area contributed by atoms with Crippen molar-refractivity contribution < 1.29 is 4.79 Å². The number of ketones is 1. The maximum atomic E-state index is 13.0. The highest BCUT2D eigenvalue weighted by Gasteiger charge is 2.42. The molecule has 0 amide bonds. The molecular formula is C20H21N3O3. The molecule has 6 heteroatoms. The van der Waals surface area contributed by atoms with Gasteiger partial charge >= 0.3 is 5.69 Å². The van der Waals surface area contributed by atoms with Gasteiger partial charge in [0.1, 0.15) is 5.82 Å². The van der Waals surface area contributed by atoms with Gasteiger partial charge in [-0.15, -0.1) is 0 Å². The van der Waals surface area contributed by atoms with E-state index in [4.69, 9.17) is 0 Å². The molecule has 6 nitrogen and oxygen atoms in total. The topological polar surface area (TPSA) is 84.0 Å². The lowest BCUT2D eigenvalue weighted by Crippen LogP contribution is -2.41. The van der Waals surface area contributed by atoms with Crippen LogP contribution < -0.4 is 16.6 Å². The van der Waals surface area contributed by atoms with E-state index in [1.54, 1.807) is 7.05 Å². The first-order chi connectivity index (χ1) is 12.3. The first kappa shape index (κ1) is 16.6. The predicted octanol–water partition coefficient (Wildman–Crippen LogP) is 2.27. The number of nitrogens with zero attached hydrogens (tertiary/aromatic N) is 1. The number of hydrogen-bond acceptors (Lipinski definition) is 4. The van der Waals surface area contributed by atoms with Gasteiger partial charge in [0, 0.05) is 30.7 Å². The second-order valence-electron chi connectivity index (χ2n) is 7.88. The number of aromatic amines is 1. The third kappa shape index (κ3) is 2.44. The van der Waals surface area contributed by atoms with E-state index in [2.05, 4.69) is 24.1 Å². The SMILES string of the molecule is Cn1c2c(c(=O)[nH]c1=O)[C@H](c1ccccc1)C1=C(CC(C)(C)CC1=O)N2. The Hall–Kier alpha value is -2.89. The molecule has 2 N–H and O–H groups in total. The highest BCUT2D eigenvalue weighted by Crippen LogP contribution is 2.47. The summed E-state index contributed by atoms with van der Waals surface area (Å²) in [7, 11) is 1.62. The molecule has 1 aliphatic carbocycles. The minimum atomic E-state index is -0.474. The quantitative estimate of drug-likeness (QED) is 0.825. The molecule has 26 heavy (non-hydrogen) atoms. The van der Waals surface area contributed by atoms with Crippen LogP contribution in [-0.2, 0) is 11.8 Å². The third-order valence-corrected chi connectivity index (χ3v) is 5.26. The molecule has 0 unspecified atom stereocenters. The standard InChI is InChI=1S/C20H21N3O3/c1-20(2)9-12-15(13(24)10-20)14(11-7-5-4-6-8-11)16-17(21-12)23(3)19(26)22-18(16)25/h4-8,14,21H,9-10H2,1-3H3,(H,22,25,26)/t14-/m1/s1. The summed E-state index contributed by atoms with van der Waals surface area (Å²) < 4.78 is 1.41. The molecule has 1 aliphatic heterocycles. The fourth-order valence-electron chi connectivity index (χ4n) is 4.10. The molecule has 2 heterocycles. The number of carbonyl (C=O) groups excluding carboxylic acids is 1. The monoisotopic (exact) mass is 351 g/mol. The van der Waals surface area contributed by atoms with E-state index in [1.807, 2.05) is 30.3 Å². The van der Waals surface area contributed by atoms with Gasteiger partial charge in [-0.05, 0) is 17.4 Å². The van der Waals surface area contributed by atoms with E-state index in [-0.39, 0.29) is 11.2 Å². The van der Waals surface area contributed by atoms with Gasteiger partial charge in [0.15, 0.2) is 5.78 Å². The van der Waals surface area contributed by atoms with Crippen LogP contribution in [0.4, 0.5) is 5.82 Å². The average molecular weight is 351 g/mol. The van der Waals surface area contributed by atoms with Gasteiger partial charge < -0.3 is 5.32 Å². The number of benzene rings is 1. The smallest absolute Gasteiger partial charge is 0.329 e. The number of nitrogens with one attached hydrogen (secondary N) is 2. The maximum Gasteiger partial charge on any atom is 0.329 e. The zero-order chi connectivity index (χ0) is 18.6.